The van der Waals surface area contributed by atoms with Crippen molar-refractivity contribution in [3.05, 3.63) is 27.2 Å². The molecule has 0 aromatic carbocycles. The molecule has 2 aromatic heterocycles. The number of rotatable bonds is 2. The van der Waals surface area contributed by atoms with E-state index >= 15 is 0 Å². The number of halogens is 1. The molecular weight excluding hydrogens is 286 g/mol. The third-order valence-corrected chi connectivity index (χ3v) is 4.03. The minimum atomic E-state index is 0.575. The highest BCUT2D eigenvalue weighted by Crippen LogP contribution is 2.30. The number of hydrogen-bond acceptors (Lipinski definition) is 4. The maximum atomic E-state index is 5.88. The average Bonchev–Trinajstić information content (AvgIpc) is 2.69. The Labute approximate surface area is 107 Å². The van der Waals surface area contributed by atoms with Gasteiger partial charge in [-0.15, -0.1) is 11.3 Å². The summed E-state index contributed by atoms with van der Waals surface area (Å²) in [5.74, 6) is 1.29. The molecule has 2 N–H and O–H groups in total. The minimum Gasteiger partial charge on any atom is -0.383 e. The van der Waals surface area contributed by atoms with Crippen LogP contribution in [-0.2, 0) is 6.42 Å². The molecular formula is C11H12BrN3S. The molecule has 0 spiro atoms. The van der Waals surface area contributed by atoms with E-state index in [9.17, 15) is 0 Å². The van der Waals surface area contributed by atoms with Crippen LogP contribution in [0.2, 0.25) is 0 Å². The fourth-order valence-electron chi connectivity index (χ4n) is 1.47. The van der Waals surface area contributed by atoms with Crippen LogP contribution in [-0.4, -0.2) is 9.97 Å². The maximum absolute atomic E-state index is 5.88. The fourth-order valence-corrected chi connectivity index (χ4v) is 2.79. The Hall–Kier alpha value is -0.940. The van der Waals surface area contributed by atoms with Gasteiger partial charge < -0.3 is 5.73 Å². The summed E-state index contributed by atoms with van der Waals surface area (Å²) in [6.45, 7) is 4.03. The van der Waals surface area contributed by atoms with Crippen LogP contribution in [0.25, 0.3) is 10.7 Å². The third kappa shape index (κ3) is 2.10. The second-order valence-electron chi connectivity index (χ2n) is 3.46. The molecule has 0 amide bonds. The van der Waals surface area contributed by atoms with Crippen LogP contribution in [0.15, 0.2) is 15.9 Å². The molecule has 0 saturated heterocycles. The minimum absolute atomic E-state index is 0.575. The number of aryl methyl sites for hydroxylation is 1. The Bertz CT molecular complexity index is 522. The van der Waals surface area contributed by atoms with Gasteiger partial charge in [0.15, 0.2) is 5.82 Å². The van der Waals surface area contributed by atoms with E-state index in [2.05, 4.69) is 32.8 Å². The van der Waals surface area contributed by atoms with Crippen molar-refractivity contribution in [3.8, 4) is 10.7 Å². The first-order valence-corrected chi connectivity index (χ1v) is 6.61. The number of nitrogen functional groups attached to an aromatic ring is 1. The van der Waals surface area contributed by atoms with Crippen molar-refractivity contribution < 1.29 is 0 Å². The molecule has 84 valence electrons. The summed E-state index contributed by atoms with van der Waals surface area (Å²) >= 11 is 5.04. The highest BCUT2D eigenvalue weighted by Gasteiger charge is 2.10. The van der Waals surface area contributed by atoms with E-state index in [-0.39, 0.29) is 0 Å². The first-order valence-electron chi connectivity index (χ1n) is 5.00. The third-order valence-electron chi connectivity index (χ3n) is 2.41. The van der Waals surface area contributed by atoms with Crippen molar-refractivity contribution in [2.45, 2.75) is 20.3 Å². The molecule has 0 atom stereocenters. The van der Waals surface area contributed by atoms with E-state index < -0.39 is 0 Å². The van der Waals surface area contributed by atoms with Crippen molar-refractivity contribution in [2.75, 3.05) is 5.73 Å². The number of hydrogen-bond donors (Lipinski definition) is 1. The van der Waals surface area contributed by atoms with Gasteiger partial charge in [0.05, 0.1) is 8.66 Å². The summed E-state index contributed by atoms with van der Waals surface area (Å²) in [7, 11) is 0. The maximum Gasteiger partial charge on any atom is 0.171 e. The van der Waals surface area contributed by atoms with Crippen LogP contribution in [0.1, 0.15) is 18.2 Å². The summed E-state index contributed by atoms with van der Waals surface area (Å²) in [6.07, 6.45) is 0.873. The molecule has 2 rings (SSSR count). The Morgan fingerprint density at radius 2 is 2.12 bits per heavy atom. The Morgan fingerprint density at radius 3 is 2.69 bits per heavy atom. The topological polar surface area (TPSA) is 51.8 Å². The largest absolute Gasteiger partial charge is 0.383 e. The molecule has 0 aliphatic rings. The Morgan fingerprint density at radius 1 is 1.38 bits per heavy atom. The number of nitrogens with two attached hydrogens (primary N) is 1. The average molecular weight is 298 g/mol. The van der Waals surface area contributed by atoms with Crippen LogP contribution in [0, 0.1) is 6.92 Å². The van der Waals surface area contributed by atoms with Gasteiger partial charge in [0.25, 0.3) is 0 Å². The molecule has 0 unspecified atom stereocenters. The molecule has 0 radical (unpaired) electrons. The van der Waals surface area contributed by atoms with Crippen molar-refractivity contribution in [1.29, 1.82) is 0 Å². The first kappa shape index (κ1) is 11.5. The Balaban J connectivity index is 2.54. The van der Waals surface area contributed by atoms with Crippen LogP contribution >= 0.6 is 27.3 Å². The van der Waals surface area contributed by atoms with E-state index in [0.29, 0.717) is 5.82 Å². The van der Waals surface area contributed by atoms with Crippen molar-refractivity contribution in [2.24, 2.45) is 0 Å². The van der Waals surface area contributed by atoms with Gasteiger partial charge in [-0.3, -0.25) is 0 Å². The molecule has 0 saturated carbocycles. The van der Waals surface area contributed by atoms with Gasteiger partial charge in [-0.25, -0.2) is 9.97 Å². The lowest BCUT2D eigenvalue weighted by atomic mass is 10.2. The van der Waals surface area contributed by atoms with Gasteiger partial charge in [-0.1, -0.05) is 6.92 Å². The highest BCUT2D eigenvalue weighted by molar-refractivity contribution is 9.11. The summed E-state index contributed by atoms with van der Waals surface area (Å²) in [5, 5.41) is 0. The van der Waals surface area contributed by atoms with Gasteiger partial charge in [-0.2, -0.15) is 0 Å². The number of aromatic nitrogens is 2. The molecule has 2 heterocycles. The molecule has 0 fully saturated rings. The van der Waals surface area contributed by atoms with Crippen LogP contribution in [0.3, 0.4) is 0 Å². The van der Waals surface area contributed by atoms with E-state index in [1.54, 1.807) is 11.3 Å². The molecule has 5 heteroatoms. The highest BCUT2D eigenvalue weighted by atomic mass is 79.9. The van der Waals surface area contributed by atoms with Gasteiger partial charge in [0, 0.05) is 11.3 Å². The zero-order valence-corrected chi connectivity index (χ0v) is 11.5. The van der Waals surface area contributed by atoms with Gasteiger partial charge in [0.1, 0.15) is 5.82 Å². The number of anilines is 1. The van der Waals surface area contributed by atoms with E-state index in [4.69, 9.17) is 5.73 Å². The predicted molar refractivity (Wildman–Crippen MR) is 71.6 cm³/mol. The molecule has 2 aromatic rings. The molecule has 16 heavy (non-hydrogen) atoms. The standard InChI is InChI=1S/C11H12BrN3S/c1-3-7-6(2)10(13)15-11(14-7)8-4-5-9(12)16-8/h4-5H,3H2,1-2H3,(H2,13,14,15). The van der Waals surface area contributed by atoms with Crippen molar-refractivity contribution in [1.82, 2.24) is 9.97 Å². The smallest absolute Gasteiger partial charge is 0.171 e. The normalized spacial score (nSPS) is 10.7. The van der Waals surface area contributed by atoms with E-state index in [1.165, 1.54) is 0 Å². The van der Waals surface area contributed by atoms with Crippen LogP contribution < -0.4 is 5.73 Å². The second kappa shape index (κ2) is 4.51. The van der Waals surface area contributed by atoms with E-state index in [1.807, 2.05) is 19.1 Å². The van der Waals surface area contributed by atoms with Crippen molar-refractivity contribution in [3.63, 3.8) is 0 Å². The molecule has 0 aliphatic heterocycles. The molecule has 3 nitrogen and oxygen atoms in total. The zero-order valence-electron chi connectivity index (χ0n) is 9.12. The predicted octanol–water partition coefficient (Wildman–Crippen LogP) is 3.42. The van der Waals surface area contributed by atoms with Crippen molar-refractivity contribution >= 4 is 33.1 Å². The van der Waals surface area contributed by atoms with Crippen LogP contribution in [0.5, 0.6) is 0 Å². The number of thiophene rings is 1. The quantitative estimate of drug-likeness (QED) is 0.924. The molecule has 0 aliphatic carbocycles. The Kier molecular flexibility index (Phi) is 3.25. The summed E-state index contributed by atoms with van der Waals surface area (Å²) < 4.78 is 1.07. The lowest BCUT2D eigenvalue weighted by Crippen LogP contribution is -2.03. The number of nitrogens with zero attached hydrogens (tertiary/aromatic N) is 2. The monoisotopic (exact) mass is 297 g/mol. The fraction of sp³-hybridized carbons (Fsp3) is 0.273. The lowest BCUT2D eigenvalue weighted by Gasteiger charge is -2.07. The first-order chi connectivity index (χ1) is 7.61. The van der Waals surface area contributed by atoms with Gasteiger partial charge in [0.2, 0.25) is 0 Å². The molecule has 0 bridgehead atoms. The van der Waals surface area contributed by atoms with Crippen LogP contribution in [0.4, 0.5) is 5.82 Å². The van der Waals surface area contributed by atoms with E-state index in [0.717, 1.165) is 32.2 Å². The lowest BCUT2D eigenvalue weighted by molar-refractivity contribution is 0.984. The summed E-state index contributed by atoms with van der Waals surface area (Å²) in [4.78, 5) is 9.89. The SMILES string of the molecule is CCc1nc(-c2ccc(Br)s2)nc(N)c1C. The summed E-state index contributed by atoms with van der Waals surface area (Å²) in [5.41, 5.74) is 7.89. The summed E-state index contributed by atoms with van der Waals surface area (Å²) in [6, 6.07) is 3.99. The van der Waals surface area contributed by atoms with Gasteiger partial charge in [-0.05, 0) is 41.4 Å². The van der Waals surface area contributed by atoms with Gasteiger partial charge >= 0.3 is 0 Å². The zero-order chi connectivity index (χ0) is 11.7. The second-order valence-corrected chi connectivity index (χ2v) is 5.92.